The van der Waals surface area contributed by atoms with E-state index in [0.717, 1.165) is 5.56 Å². The lowest BCUT2D eigenvalue weighted by Gasteiger charge is -2.09. The number of hydrogen-bond acceptors (Lipinski definition) is 5. The molecule has 2 aromatic rings. The number of nitrogens with zero attached hydrogens (tertiary/aromatic N) is 1. The van der Waals surface area contributed by atoms with Crippen molar-refractivity contribution in [2.45, 2.75) is 11.8 Å². The Morgan fingerprint density at radius 3 is 2.23 bits per heavy atom. The molecule has 3 N–H and O–H groups in total. The number of nitro groups is 1. The largest absolute Gasteiger partial charge is 0.337 e. The fourth-order valence-corrected chi connectivity index (χ4v) is 3.04. The molecule has 26 heavy (non-hydrogen) atoms. The predicted octanol–water partition coefficient (Wildman–Crippen LogP) is 2.00. The highest BCUT2D eigenvalue weighted by molar-refractivity contribution is 7.89. The van der Waals surface area contributed by atoms with Crippen molar-refractivity contribution in [3.05, 3.63) is 64.2 Å². The molecule has 0 unspecified atom stereocenters. The van der Waals surface area contributed by atoms with Crippen LogP contribution >= 0.6 is 0 Å². The van der Waals surface area contributed by atoms with Gasteiger partial charge >= 0.3 is 6.03 Å². The molecule has 2 aromatic carbocycles. The Balaban J connectivity index is 1.77. The Kier molecular flexibility index (Phi) is 6.26. The summed E-state index contributed by atoms with van der Waals surface area (Å²) in [5.41, 5.74) is 1.25. The highest BCUT2D eigenvalue weighted by Crippen LogP contribution is 2.15. The molecule has 0 bridgehead atoms. The number of amides is 2. The number of nitrogens with one attached hydrogen (secondary N) is 3. The number of anilines is 1. The minimum Gasteiger partial charge on any atom is -0.337 e. The Bertz CT molecular complexity index is 880. The number of hydrogen-bond donors (Lipinski definition) is 3. The van der Waals surface area contributed by atoms with Gasteiger partial charge in [-0.15, -0.1) is 0 Å². The lowest BCUT2D eigenvalue weighted by Crippen LogP contribution is -2.36. The van der Waals surface area contributed by atoms with Crippen LogP contribution in [-0.2, 0) is 10.0 Å². The van der Waals surface area contributed by atoms with Gasteiger partial charge in [0, 0.05) is 30.9 Å². The average Bonchev–Trinajstić information content (AvgIpc) is 2.59. The number of rotatable bonds is 7. The van der Waals surface area contributed by atoms with Crippen LogP contribution in [0.5, 0.6) is 0 Å². The van der Waals surface area contributed by atoms with Crippen LogP contribution in [0.2, 0.25) is 0 Å². The summed E-state index contributed by atoms with van der Waals surface area (Å²) in [6.07, 6.45) is 0. The van der Waals surface area contributed by atoms with E-state index in [1.54, 1.807) is 12.1 Å². The summed E-state index contributed by atoms with van der Waals surface area (Å²) < 4.78 is 26.5. The first-order valence-corrected chi connectivity index (χ1v) is 9.12. The SMILES string of the molecule is Cc1ccc(S(=O)(=O)NCCNC(=O)Nc2ccc([N+](=O)[O-])cc2)cc1. The fourth-order valence-electron chi connectivity index (χ4n) is 2.00. The molecule has 0 aromatic heterocycles. The number of sulfonamides is 1. The van der Waals surface area contributed by atoms with E-state index in [-0.39, 0.29) is 23.7 Å². The van der Waals surface area contributed by atoms with Crippen LogP contribution in [-0.4, -0.2) is 32.5 Å². The van der Waals surface area contributed by atoms with E-state index < -0.39 is 21.0 Å². The molecule has 0 saturated carbocycles. The molecule has 10 heteroatoms. The van der Waals surface area contributed by atoms with E-state index in [4.69, 9.17) is 0 Å². The molecule has 2 rings (SSSR count). The maximum absolute atomic E-state index is 12.1. The Labute approximate surface area is 150 Å². The summed E-state index contributed by atoms with van der Waals surface area (Å²) >= 11 is 0. The number of benzene rings is 2. The standard InChI is InChI=1S/C16H18N4O5S/c1-12-2-8-15(9-3-12)26(24,25)18-11-10-17-16(21)19-13-4-6-14(7-5-13)20(22)23/h2-9,18H,10-11H2,1H3,(H2,17,19,21). The van der Waals surface area contributed by atoms with Crippen molar-refractivity contribution in [3.63, 3.8) is 0 Å². The second-order valence-electron chi connectivity index (χ2n) is 5.40. The smallest absolute Gasteiger partial charge is 0.319 e. The third kappa shape index (κ3) is 5.53. The number of urea groups is 1. The van der Waals surface area contributed by atoms with Gasteiger partial charge in [0.05, 0.1) is 9.82 Å². The van der Waals surface area contributed by atoms with Crippen molar-refractivity contribution in [1.82, 2.24) is 10.0 Å². The first kappa shape index (κ1) is 19.3. The number of aryl methyl sites for hydroxylation is 1. The molecule has 0 radical (unpaired) electrons. The maximum atomic E-state index is 12.1. The van der Waals surface area contributed by atoms with E-state index >= 15 is 0 Å². The number of carbonyl (C=O) groups is 1. The Morgan fingerprint density at radius 2 is 1.65 bits per heavy atom. The molecule has 0 aliphatic carbocycles. The number of non-ortho nitro benzene ring substituents is 1. The van der Waals surface area contributed by atoms with E-state index in [2.05, 4.69) is 15.4 Å². The van der Waals surface area contributed by atoms with Gasteiger partial charge in [0.2, 0.25) is 10.0 Å². The van der Waals surface area contributed by atoms with Gasteiger partial charge in [-0.2, -0.15) is 0 Å². The first-order valence-electron chi connectivity index (χ1n) is 7.63. The van der Waals surface area contributed by atoms with Crippen molar-refractivity contribution >= 4 is 27.4 Å². The lowest BCUT2D eigenvalue weighted by atomic mass is 10.2. The zero-order valence-corrected chi connectivity index (χ0v) is 14.7. The molecular weight excluding hydrogens is 360 g/mol. The van der Waals surface area contributed by atoms with Crippen molar-refractivity contribution in [3.8, 4) is 0 Å². The van der Waals surface area contributed by atoms with Gasteiger partial charge in [-0.1, -0.05) is 17.7 Å². The summed E-state index contributed by atoms with van der Waals surface area (Å²) in [6, 6.07) is 11.2. The summed E-state index contributed by atoms with van der Waals surface area (Å²) in [7, 11) is -3.63. The van der Waals surface area contributed by atoms with Crippen LogP contribution < -0.4 is 15.4 Å². The van der Waals surface area contributed by atoms with Crippen LogP contribution in [0.3, 0.4) is 0 Å². The van der Waals surface area contributed by atoms with Gasteiger partial charge in [0.25, 0.3) is 5.69 Å². The number of carbonyl (C=O) groups excluding carboxylic acids is 1. The summed E-state index contributed by atoms with van der Waals surface area (Å²) in [5, 5.41) is 15.5. The van der Waals surface area contributed by atoms with Crippen LogP contribution in [0.25, 0.3) is 0 Å². The number of nitro benzene ring substituents is 1. The zero-order chi connectivity index (χ0) is 19.2. The highest BCUT2D eigenvalue weighted by Gasteiger charge is 2.13. The maximum Gasteiger partial charge on any atom is 0.319 e. The van der Waals surface area contributed by atoms with Gasteiger partial charge < -0.3 is 10.6 Å². The fraction of sp³-hybridized carbons (Fsp3) is 0.188. The minimum atomic E-state index is -3.63. The van der Waals surface area contributed by atoms with Crippen LogP contribution in [0.4, 0.5) is 16.2 Å². The van der Waals surface area contributed by atoms with Crippen molar-refractivity contribution in [1.29, 1.82) is 0 Å². The van der Waals surface area contributed by atoms with E-state index in [1.807, 2.05) is 6.92 Å². The molecule has 0 fully saturated rings. The normalized spacial score (nSPS) is 11.0. The third-order valence-corrected chi connectivity index (χ3v) is 4.85. The Morgan fingerprint density at radius 1 is 1.04 bits per heavy atom. The van der Waals surface area contributed by atoms with Gasteiger partial charge in [0.15, 0.2) is 0 Å². The van der Waals surface area contributed by atoms with E-state index in [9.17, 15) is 23.3 Å². The molecule has 0 aliphatic rings. The van der Waals surface area contributed by atoms with E-state index in [1.165, 1.54) is 36.4 Å². The highest BCUT2D eigenvalue weighted by atomic mass is 32.2. The van der Waals surface area contributed by atoms with Crippen LogP contribution in [0.1, 0.15) is 5.56 Å². The molecule has 138 valence electrons. The minimum absolute atomic E-state index is 0.0177. The molecule has 0 heterocycles. The average molecular weight is 378 g/mol. The summed E-state index contributed by atoms with van der Waals surface area (Å²) in [6.45, 7) is 1.95. The second kappa shape index (κ2) is 8.41. The monoisotopic (exact) mass is 378 g/mol. The quantitative estimate of drug-likeness (QED) is 0.385. The van der Waals surface area contributed by atoms with Crippen molar-refractivity contribution in [2.24, 2.45) is 0 Å². The van der Waals surface area contributed by atoms with Crippen molar-refractivity contribution in [2.75, 3.05) is 18.4 Å². The van der Waals surface area contributed by atoms with Gasteiger partial charge in [0.1, 0.15) is 0 Å². The molecule has 2 amide bonds. The second-order valence-corrected chi connectivity index (χ2v) is 7.16. The predicted molar refractivity (Wildman–Crippen MR) is 96.5 cm³/mol. The van der Waals surface area contributed by atoms with Crippen LogP contribution in [0.15, 0.2) is 53.4 Å². The molecule has 0 saturated heterocycles. The first-order chi connectivity index (χ1) is 12.3. The molecule has 9 nitrogen and oxygen atoms in total. The van der Waals surface area contributed by atoms with Crippen LogP contribution in [0, 0.1) is 17.0 Å². The topological polar surface area (TPSA) is 130 Å². The van der Waals surface area contributed by atoms with Gasteiger partial charge in [-0.25, -0.2) is 17.9 Å². The summed E-state index contributed by atoms with van der Waals surface area (Å²) in [4.78, 5) is 21.9. The molecule has 0 aliphatic heterocycles. The van der Waals surface area contributed by atoms with E-state index in [0.29, 0.717) is 5.69 Å². The molecule has 0 spiro atoms. The van der Waals surface area contributed by atoms with Gasteiger partial charge in [-0.3, -0.25) is 10.1 Å². The molecular formula is C16H18N4O5S. The third-order valence-electron chi connectivity index (χ3n) is 3.37. The Hall–Kier alpha value is -2.98. The zero-order valence-electron chi connectivity index (χ0n) is 13.9. The van der Waals surface area contributed by atoms with Gasteiger partial charge in [-0.05, 0) is 31.2 Å². The van der Waals surface area contributed by atoms with Crippen molar-refractivity contribution < 1.29 is 18.1 Å². The summed E-state index contributed by atoms with van der Waals surface area (Å²) in [5.74, 6) is 0. The lowest BCUT2D eigenvalue weighted by molar-refractivity contribution is -0.384. The molecule has 0 atom stereocenters.